The molecule has 0 aliphatic heterocycles. The van der Waals surface area contributed by atoms with Crippen LogP contribution in [0.4, 0.5) is 0 Å². The first-order valence-electron chi connectivity index (χ1n) is 4.38. The van der Waals surface area contributed by atoms with Gasteiger partial charge in [-0.15, -0.1) is 6.42 Å². The SMILES string of the molecule is C#CCN(C)C(=O)c1cccc(C#N)c1. The molecule has 3 heteroatoms. The summed E-state index contributed by atoms with van der Waals surface area (Å²) >= 11 is 0. The van der Waals surface area contributed by atoms with Crippen molar-refractivity contribution in [3.8, 4) is 18.4 Å². The number of rotatable bonds is 2. The summed E-state index contributed by atoms with van der Waals surface area (Å²) in [5, 5.41) is 8.68. The first-order chi connectivity index (χ1) is 7.19. The molecule has 3 nitrogen and oxygen atoms in total. The van der Waals surface area contributed by atoms with E-state index in [0.717, 1.165) is 0 Å². The molecule has 1 rings (SSSR count). The van der Waals surface area contributed by atoms with Gasteiger partial charge in [-0.05, 0) is 18.2 Å². The van der Waals surface area contributed by atoms with Gasteiger partial charge in [0.05, 0.1) is 18.2 Å². The van der Waals surface area contributed by atoms with E-state index in [2.05, 4.69) is 5.92 Å². The summed E-state index contributed by atoms with van der Waals surface area (Å²) < 4.78 is 0. The van der Waals surface area contributed by atoms with Gasteiger partial charge in [-0.2, -0.15) is 5.26 Å². The minimum atomic E-state index is -0.176. The third kappa shape index (κ3) is 2.59. The van der Waals surface area contributed by atoms with Crippen LogP contribution in [0.3, 0.4) is 0 Å². The van der Waals surface area contributed by atoms with Gasteiger partial charge >= 0.3 is 0 Å². The zero-order valence-electron chi connectivity index (χ0n) is 8.40. The molecule has 74 valence electrons. The van der Waals surface area contributed by atoms with Crippen molar-refractivity contribution in [2.45, 2.75) is 0 Å². The summed E-state index contributed by atoms with van der Waals surface area (Å²) in [6, 6.07) is 8.52. The summed E-state index contributed by atoms with van der Waals surface area (Å²) in [7, 11) is 1.63. The standard InChI is InChI=1S/C12H10N2O/c1-3-7-14(2)12(15)11-6-4-5-10(8-11)9-13/h1,4-6,8H,7H2,2H3. The second-order valence-electron chi connectivity index (χ2n) is 3.06. The molecular formula is C12H10N2O. The van der Waals surface area contributed by atoms with Gasteiger partial charge in [0.25, 0.3) is 5.91 Å². The highest BCUT2D eigenvalue weighted by atomic mass is 16.2. The summed E-state index contributed by atoms with van der Waals surface area (Å²) in [4.78, 5) is 13.2. The molecule has 15 heavy (non-hydrogen) atoms. The van der Waals surface area contributed by atoms with E-state index >= 15 is 0 Å². The van der Waals surface area contributed by atoms with E-state index in [1.165, 1.54) is 4.90 Å². The number of hydrogen-bond donors (Lipinski definition) is 0. The highest BCUT2D eigenvalue weighted by molar-refractivity contribution is 5.94. The van der Waals surface area contributed by atoms with Crippen molar-refractivity contribution < 1.29 is 4.79 Å². The van der Waals surface area contributed by atoms with E-state index in [4.69, 9.17) is 11.7 Å². The molecule has 0 heterocycles. The van der Waals surface area contributed by atoms with E-state index in [0.29, 0.717) is 11.1 Å². The maximum Gasteiger partial charge on any atom is 0.254 e. The van der Waals surface area contributed by atoms with Gasteiger partial charge in [-0.25, -0.2) is 0 Å². The minimum absolute atomic E-state index is 0.176. The number of amides is 1. The van der Waals surface area contributed by atoms with Crippen LogP contribution in [-0.4, -0.2) is 24.4 Å². The van der Waals surface area contributed by atoms with Crippen LogP contribution in [0.1, 0.15) is 15.9 Å². The molecule has 0 aliphatic carbocycles. The Balaban J connectivity index is 2.93. The third-order valence-corrected chi connectivity index (χ3v) is 1.91. The van der Waals surface area contributed by atoms with E-state index in [1.54, 1.807) is 31.3 Å². The van der Waals surface area contributed by atoms with Crippen LogP contribution in [0.2, 0.25) is 0 Å². The van der Waals surface area contributed by atoms with Crippen molar-refractivity contribution in [1.82, 2.24) is 4.90 Å². The Morgan fingerprint density at radius 2 is 2.33 bits per heavy atom. The molecule has 1 amide bonds. The first-order valence-corrected chi connectivity index (χ1v) is 4.38. The topological polar surface area (TPSA) is 44.1 Å². The lowest BCUT2D eigenvalue weighted by Crippen LogP contribution is -2.26. The predicted molar refractivity (Wildman–Crippen MR) is 57.0 cm³/mol. The number of benzene rings is 1. The molecule has 0 saturated carbocycles. The van der Waals surface area contributed by atoms with Gasteiger partial charge in [0, 0.05) is 12.6 Å². The fourth-order valence-corrected chi connectivity index (χ4v) is 1.15. The zero-order valence-corrected chi connectivity index (χ0v) is 8.40. The maximum atomic E-state index is 11.7. The van der Waals surface area contributed by atoms with Gasteiger partial charge < -0.3 is 4.90 Å². The molecule has 0 N–H and O–H groups in total. The number of terminal acetylenes is 1. The molecule has 0 aliphatic rings. The number of nitriles is 1. The Hall–Kier alpha value is -2.26. The fourth-order valence-electron chi connectivity index (χ4n) is 1.15. The van der Waals surface area contributed by atoms with E-state index in [-0.39, 0.29) is 12.5 Å². The molecule has 0 fully saturated rings. The van der Waals surface area contributed by atoms with Crippen molar-refractivity contribution in [2.24, 2.45) is 0 Å². The highest BCUT2D eigenvalue weighted by Crippen LogP contribution is 2.06. The van der Waals surface area contributed by atoms with Crippen LogP contribution >= 0.6 is 0 Å². The first kappa shape index (κ1) is 10.8. The summed E-state index contributed by atoms with van der Waals surface area (Å²) in [6.07, 6.45) is 5.11. The average Bonchev–Trinajstić information content (AvgIpc) is 2.28. The van der Waals surface area contributed by atoms with Crippen molar-refractivity contribution in [2.75, 3.05) is 13.6 Å². The molecule has 0 unspecified atom stereocenters. The fraction of sp³-hybridized carbons (Fsp3) is 0.167. The third-order valence-electron chi connectivity index (χ3n) is 1.91. The Morgan fingerprint density at radius 1 is 1.60 bits per heavy atom. The van der Waals surface area contributed by atoms with E-state index in [9.17, 15) is 4.79 Å². The molecule has 0 radical (unpaired) electrons. The minimum Gasteiger partial charge on any atom is -0.331 e. The molecule has 0 bridgehead atoms. The van der Waals surface area contributed by atoms with Crippen LogP contribution in [0.5, 0.6) is 0 Å². The van der Waals surface area contributed by atoms with Gasteiger partial charge in [0.15, 0.2) is 0 Å². The van der Waals surface area contributed by atoms with Gasteiger partial charge in [0.1, 0.15) is 0 Å². The predicted octanol–water partition coefficient (Wildman–Crippen LogP) is 1.26. The smallest absolute Gasteiger partial charge is 0.254 e. The molecule has 0 aromatic heterocycles. The van der Waals surface area contributed by atoms with Crippen molar-refractivity contribution in [3.05, 3.63) is 35.4 Å². The van der Waals surface area contributed by atoms with Crippen LogP contribution in [0.15, 0.2) is 24.3 Å². The van der Waals surface area contributed by atoms with Crippen LogP contribution in [-0.2, 0) is 0 Å². The van der Waals surface area contributed by atoms with Crippen LogP contribution in [0, 0.1) is 23.7 Å². The second kappa shape index (κ2) is 4.83. The average molecular weight is 198 g/mol. The lowest BCUT2D eigenvalue weighted by atomic mass is 10.1. The van der Waals surface area contributed by atoms with E-state index in [1.807, 2.05) is 6.07 Å². The summed E-state index contributed by atoms with van der Waals surface area (Å²) in [6.45, 7) is 0.260. The van der Waals surface area contributed by atoms with Crippen molar-refractivity contribution in [3.63, 3.8) is 0 Å². The summed E-state index contributed by atoms with van der Waals surface area (Å²) in [5.74, 6) is 2.21. The number of carbonyl (C=O) groups is 1. The Morgan fingerprint density at radius 3 is 2.93 bits per heavy atom. The van der Waals surface area contributed by atoms with Crippen LogP contribution < -0.4 is 0 Å². The van der Waals surface area contributed by atoms with E-state index < -0.39 is 0 Å². The van der Waals surface area contributed by atoms with Gasteiger partial charge in [-0.1, -0.05) is 12.0 Å². The maximum absolute atomic E-state index is 11.7. The number of nitrogens with zero attached hydrogens (tertiary/aromatic N) is 2. The zero-order chi connectivity index (χ0) is 11.3. The van der Waals surface area contributed by atoms with Crippen LogP contribution in [0.25, 0.3) is 0 Å². The second-order valence-corrected chi connectivity index (χ2v) is 3.06. The van der Waals surface area contributed by atoms with Gasteiger partial charge in [0.2, 0.25) is 0 Å². The molecule has 1 aromatic rings. The molecule has 0 spiro atoms. The molecule has 1 aromatic carbocycles. The monoisotopic (exact) mass is 198 g/mol. The molecular weight excluding hydrogens is 188 g/mol. The summed E-state index contributed by atoms with van der Waals surface area (Å²) in [5.41, 5.74) is 0.946. The normalized spacial score (nSPS) is 8.73. The molecule has 0 saturated heterocycles. The Bertz CT molecular complexity index is 451. The number of carbonyl (C=O) groups excluding carboxylic acids is 1. The quantitative estimate of drug-likeness (QED) is 0.671. The Labute approximate surface area is 88.9 Å². The number of hydrogen-bond acceptors (Lipinski definition) is 2. The lowest BCUT2D eigenvalue weighted by molar-refractivity contribution is 0.0812. The van der Waals surface area contributed by atoms with Crippen molar-refractivity contribution in [1.29, 1.82) is 5.26 Å². The highest BCUT2D eigenvalue weighted by Gasteiger charge is 2.10. The van der Waals surface area contributed by atoms with Crippen molar-refractivity contribution >= 4 is 5.91 Å². The molecule has 0 atom stereocenters. The van der Waals surface area contributed by atoms with Gasteiger partial charge in [-0.3, -0.25) is 4.79 Å². The largest absolute Gasteiger partial charge is 0.331 e. The Kier molecular flexibility index (Phi) is 3.49. The lowest BCUT2D eigenvalue weighted by Gasteiger charge is -2.13.